The van der Waals surface area contributed by atoms with Crippen LogP contribution in [0.5, 0.6) is 5.75 Å². The Kier molecular flexibility index (Phi) is 4.62. The summed E-state index contributed by atoms with van der Waals surface area (Å²) in [7, 11) is 0. The molecule has 1 unspecified atom stereocenters. The molecule has 0 aromatic heterocycles. The Morgan fingerprint density at radius 1 is 1.53 bits per heavy atom. The zero-order valence-electron chi connectivity index (χ0n) is 8.55. The number of nitrogens with zero attached hydrogens (tertiary/aromatic N) is 1. The van der Waals surface area contributed by atoms with Crippen LogP contribution in [0.1, 0.15) is 18.1 Å². The number of alkyl halides is 1. The van der Waals surface area contributed by atoms with Crippen molar-refractivity contribution in [3.05, 3.63) is 27.7 Å². The lowest BCUT2D eigenvalue weighted by atomic mass is 10.1. The van der Waals surface area contributed by atoms with Crippen molar-refractivity contribution in [2.45, 2.75) is 25.3 Å². The Hall–Kier alpha value is -0.530. The summed E-state index contributed by atoms with van der Waals surface area (Å²) in [5, 5.41) is 9.42. The minimum absolute atomic E-state index is 0.428. The van der Waals surface area contributed by atoms with Crippen LogP contribution in [0.4, 0.5) is 0 Å². The fourth-order valence-corrected chi connectivity index (χ4v) is 2.31. The van der Waals surface area contributed by atoms with Gasteiger partial charge < -0.3 is 4.74 Å². The van der Waals surface area contributed by atoms with Gasteiger partial charge >= 0.3 is 0 Å². The summed E-state index contributed by atoms with van der Waals surface area (Å²) in [6.07, 6.45) is -0.428. The normalized spacial score (nSPS) is 11.9. The van der Waals surface area contributed by atoms with Crippen LogP contribution < -0.4 is 4.74 Å². The second kappa shape index (κ2) is 5.53. The van der Waals surface area contributed by atoms with Crippen molar-refractivity contribution in [1.29, 1.82) is 5.26 Å². The molecule has 0 aliphatic rings. The Labute approximate surface area is 106 Å². The van der Waals surface area contributed by atoms with Crippen LogP contribution in [0.25, 0.3) is 0 Å². The maximum atomic E-state index is 8.71. The Bertz CT molecular complexity index is 398. The van der Waals surface area contributed by atoms with Crippen molar-refractivity contribution >= 4 is 31.9 Å². The molecule has 1 rings (SSSR count). The summed E-state index contributed by atoms with van der Waals surface area (Å²) < 4.78 is 6.58. The van der Waals surface area contributed by atoms with Gasteiger partial charge in [0.2, 0.25) is 0 Å². The smallest absolute Gasteiger partial charge is 0.181 e. The van der Waals surface area contributed by atoms with E-state index in [1.165, 1.54) is 0 Å². The van der Waals surface area contributed by atoms with Gasteiger partial charge in [-0.3, -0.25) is 0 Å². The number of benzene rings is 1. The zero-order valence-corrected chi connectivity index (χ0v) is 11.7. The SMILES string of the molecule is Cc1cc(Br)cc(CBr)c1OC(C)C#N. The van der Waals surface area contributed by atoms with Crippen LogP contribution in [0, 0.1) is 18.3 Å². The molecule has 2 nitrogen and oxygen atoms in total. The summed E-state index contributed by atoms with van der Waals surface area (Å²) in [5.74, 6) is 0.795. The van der Waals surface area contributed by atoms with Gasteiger partial charge in [-0.05, 0) is 31.5 Å². The van der Waals surface area contributed by atoms with Gasteiger partial charge in [-0.15, -0.1) is 0 Å². The van der Waals surface area contributed by atoms with Crippen molar-refractivity contribution in [3.8, 4) is 11.8 Å². The average molecular weight is 333 g/mol. The lowest BCUT2D eigenvalue weighted by Gasteiger charge is -2.14. The van der Waals surface area contributed by atoms with Crippen molar-refractivity contribution < 1.29 is 4.74 Å². The molecule has 0 N–H and O–H groups in total. The molecule has 0 aliphatic carbocycles. The van der Waals surface area contributed by atoms with E-state index in [-0.39, 0.29) is 0 Å². The van der Waals surface area contributed by atoms with Gasteiger partial charge in [0.1, 0.15) is 11.8 Å². The lowest BCUT2D eigenvalue weighted by Crippen LogP contribution is -2.10. The molecule has 15 heavy (non-hydrogen) atoms. The van der Waals surface area contributed by atoms with E-state index in [0.717, 1.165) is 21.3 Å². The largest absolute Gasteiger partial charge is 0.475 e. The van der Waals surface area contributed by atoms with E-state index in [0.29, 0.717) is 5.33 Å². The molecule has 0 heterocycles. The quantitative estimate of drug-likeness (QED) is 0.785. The summed E-state index contributed by atoms with van der Waals surface area (Å²) in [6.45, 7) is 3.70. The van der Waals surface area contributed by atoms with Crippen molar-refractivity contribution in [3.63, 3.8) is 0 Å². The summed E-state index contributed by atoms with van der Waals surface area (Å²) in [6, 6.07) is 6.02. The number of hydrogen-bond acceptors (Lipinski definition) is 2. The molecule has 0 fully saturated rings. The van der Waals surface area contributed by atoms with E-state index in [4.69, 9.17) is 10.00 Å². The van der Waals surface area contributed by atoms with Gasteiger partial charge in [0.25, 0.3) is 0 Å². The molecule has 80 valence electrons. The van der Waals surface area contributed by atoms with Gasteiger partial charge in [0.05, 0.1) is 0 Å². The van der Waals surface area contributed by atoms with E-state index in [9.17, 15) is 0 Å². The fraction of sp³-hybridized carbons (Fsp3) is 0.364. The number of ether oxygens (including phenoxy) is 1. The molecule has 4 heteroatoms. The van der Waals surface area contributed by atoms with Crippen LogP contribution in [0.3, 0.4) is 0 Å². The highest BCUT2D eigenvalue weighted by Gasteiger charge is 2.11. The molecule has 1 aromatic carbocycles. The van der Waals surface area contributed by atoms with E-state index >= 15 is 0 Å². The van der Waals surface area contributed by atoms with Gasteiger partial charge in [-0.2, -0.15) is 5.26 Å². The Balaban J connectivity index is 3.10. The number of hydrogen-bond donors (Lipinski definition) is 0. The third kappa shape index (κ3) is 3.22. The maximum absolute atomic E-state index is 8.71. The van der Waals surface area contributed by atoms with Gasteiger partial charge in [-0.1, -0.05) is 31.9 Å². The molecule has 0 radical (unpaired) electrons. The van der Waals surface area contributed by atoms with E-state index < -0.39 is 6.10 Å². The molecule has 0 aliphatic heterocycles. The highest BCUT2D eigenvalue weighted by molar-refractivity contribution is 9.10. The van der Waals surface area contributed by atoms with Crippen molar-refractivity contribution in [1.82, 2.24) is 0 Å². The minimum atomic E-state index is -0.428. The lowest BCUT2D eigenvalue weighted by molar-refractivity contribution is 0.272. The van der Waals surface area contributed by atoms with Crippen LogP contribution in [0.15, 0.2) is 16.6 Å². The number of aryl methyl sites for hydroxylation is 1. The van der Waals surface area contributed by atoms with Gasteiger partial charge in [0, 0.05) is 15.4 Å². The monoisotopic (exact) mass is 331 g/mol. The summed E-state index contributed by atoms with van der Waals surface area (Å²) >= 11 is 6.83. The third-order valence-corrected chi connectivity index (χ3v) is 3.00. The number of nitriles is 1. The zero-order chi connectivity index (χ0) is 11.4. The van der Waals surface area contributed by atoms with Crippen LogP contribution in [-0.4, -0.2) is 6.10 Å². The predicted molar refractivity (Wildman–Crippen MR) is 67.2 cm³/mol. The molecule has 0 saturated carbocycles. The third-order valence-electron chi connectivity index (χ3n) is 1.94. The maximum Gasteiger partial charge on any atom is 0.181 e. The van der Waals surface area contributed by atoms with Gasteiger partial charge in [-0.25, -0.2) is 0 Å². The molecule has 0 bridgehead atoms. The number of rotatable bonds is 3. The van der Waals surface area contributed by atoms with Crippen LogP contribution in [-0.2, 0) is 5.33 Å². The molecular weight excluding hydrogens is 322 g/mol. The molecular formula is C11H11Br2NO. The average Bonchev–Trinajstić information content (AvgIpc) is 2.21. The first-order valence-electron chi connectivity index (χ1n) is 4.49. The molecule has 0 amide bonds. The highest BCUT2D eigenvalue weighted by Crippen LogP contribution is 2.30. The van der Waals surface area contributed by atoms with Crippen molar-refractivity contribution in [2.24, 2.45) is 0 Å². The molecule has 0 saturated heterocycles. The first-order chi connectivity index (χ1) is 7.08. The molecule has 1 atom stereocenters. The topological polar surface area (TPSA) is 33.0 Å². The van der Waals surface area contributed by atoms with Crippen molar-refractivity contribution in [2.75, 3.05) is 0 Å². The highest BCUT2D eigenvalue weighted by atomic mass is 79.9. The first kappa shape index (κ1) is 12.5. The van der Waals surface area contributed by atoms with E-state index in [1.54, 1.807) is 6.92 Å². The van der Waals surface area contributed by atoms with E-state index in [1.807, 2.05) is 19.1 Å². The standard InChI is InChI=1S/C11H11Br2NO/c1-7-3-10(13)4-9(5-12)11(7)15-8(2)6-14/h3-4,8H,5H2,1-2H3. The Morgan fingerprint density at radius 2 is 2.20 bits per heavy atom. The number of halogens is 2. The second-order valence-electron chi connectivity index (χ2n) is 3.23. The van der Waals surface area contributed by atoms with Crippen LogP contribution >= 0.6 is 31.9 Å². The molecule has 0 spiro atoms. The molecule has 1 aromatic rings. The minimum Gasteiger partial charge on any atom is -0.475 e. The first-order valence-corrected chi connectivity index (χ1v) is 6.41. The summed E-state index contributed by atoms with van der Waals surface area (Å²) in [4.78, 5) is 0. The van der Waals surface area contributed by atoms with Crippen LogP contribution in [0.2, 0.25) is 0 Å². The van der Waals surface area contributed by atoms with E-state index in [2.05, 4.69) is 37.9 Å². The summed E-state index contributed by atoms with van der Waals surface area (Å²) in [5.41, 5.74) is 2.07. The van der Waals surface area contributed by atoms with Gasteiger partial charge in [0.15, 0.2) is 6.10 Å². The second-order valence-corrected chi connectivity index (χ2v) is 4.71. The fourth-order valence-electron chi connectivity index (χ4n) is 1.27. The Morgan fingerprint density at radius 3 is 2.73 bits per heavy atom. The predicted octanol–water partition coefficient (Wildman–Crippen LogP) is 3.94.